The van der Waals surface area contributed by atoms with Crippen molar-refractivity contribution in [3.63, 3.8) is 0 Å². The summed E-state index contributed by atoms with van der Waals surface area (Å²) in [5.74, 6) is -0.858. The first kappa shape index (κ1) is 25.8. The van der Waals surface area contributed by atoms with Crippen molar-refractivity contribution in [2.24, 2.45) is 16.1 Å². The topological polar surface area (TPSA) is 123 Å². The molecule has 178 valence electrons. The van der Waals surface area contributed by atoms with E-state index < -0.39 is 29.5 Å². The van der Waals surface area contributed by atoms with E-state index in [0.29, 0.717) is 11.1 Å². The number of rotatable bonds is 7. The highest BCUT2D eigenvalue weighted by Gasteiger charge is 2.31. The molecule has 0 saturated heterocycles. The number of carbonyl (C=O) groups is 1. The minimum atomic E-state index is -4.81. The van der Waals surface area contributed by atoms with Gasteiger partial charge in [-0.15, -0.1) is 13.2 Å². The van der Waals surface area contributed by atoms with Gasteiger partial charge in [0.25, 0.3) is 5.91 Å². The fourth-order valence-electron chi connectivity index (χ4n) is 2.75. The molecular weight excluding hydrogens is 439 g/mol. The summed E-state index contributed by atoms with van der Waals surface area (Å²) >= 11 is 0. The number of amides is 1. The van der Waals surface area contributed by atoms with Gasteiger partial charge in [-0.1, -0.05) is 20.8 Å². The molecule has 0 unspecified atom stereocenters. The molecule has 1 heterocycles. The van der Waals surface area contributed by atoms with Crippen LogP contribution in [0.3, 0.4) is 0 Å². The van der Waals surface area contributed by atoms with Gasteiger partial charge in [0.05, 0.1) is 23.9 Å². The summed E-state index contributed by atoms with van der Waals surface area (Å²) in [7, 11) is 1.52. The summed E-state index contributed by atoms with van der Waals surface area (Å²) in [6.07, 6.45) is -2.18. The van der Waals surface area contributed by atoms with Crippen LogP contribution in [0.2, 0.25) is 0 Å². The van der Waals surface area contributed by atoms with Gasteiger partial charge >= 0.3 is 6.36 Å². The van der Waals surface area contributed by atoms with E-state index in [0.717, 1.165) is 12.1 Å². The molecule has 11 heteroatoms. The number of aliphatic imine (C=N–C) groups is 1. The van der Waals surface area contributed by atoms with Crippen molar-refractivity contribution < 1.29 is 27.8 Å². The summed E-state index contributed by atoms with van der Waals surface area (Å²) in [4.78, 5) is 25.5. The van der Waals surface area contributed by atoms with Crippen LogP contribution in [0.25, 0.3) is 16.8 Å². The Morgan fingerprint density at radius 1 is 1.24 bits per heavy atom. The Labute approximate surface area is 189 Å². The predicted molar refractivity (Wildman–Crippen MR) is 119 cm³/mol. The molecule has 1 atom stereocenters. The molecule has 1 amide bonds. The van der Waals surface area contributed by atoms with Crippen molar-refractivity contribution in [1.29, 1.82) is 0 Å². The van der Waals surface area contributed by atoms with E-state index in [-0.39, 0.29) is 23.8 Å². The zero-order chi connectivity index (χ0) is 24.8. The molecule has 4 N–H and O–H groups in total. The number of hydrogen-bond donors (Lipinski definition) is 3. The lowest BCUT2D eigenvalue weighted by Gasteiger charge is -2.29. The zero-order valence-corrected chi connectivity index (χ0v) is 18.6. The molecule has 0 aliphatic rings. The lowest BCUT2D eigenvalue weighted by atomic mass is 9.87. The molecule has 0 aliphatic carbocycles. The number of nitrogens with zero attached hydrogens (tertiary/aromatic N) is 3. The Balaban J connectivity index is 2.51. The molecule has 0 spiro atoms. The molecule has 0 aliphatic heterocycles. The number of carbonyl (C=O) groups excluding carboxylic acids is 1. The first-order valence-corrected chi connectivity index (χ1v) is 9.89. The third kappa shape index (κ3) is 7.28. The monoisotopic (exact) mass is 465 g/mol. The summed E-state index contributed by atoms with van der Waals surface area (Å²) in [6, 6.07) is 5.87. The summed E-state index contributed by atoms with van der Waals surface area (Å²) in [6.45, 7) is 5.31. The number of allylic oxidation sites excluding steroid dienone is 1. The van der Waals surface area contributed by atoms with E-state index in [9.17, 15) is 23.1 Å². The van der Waals surface area contributed by atoms with Crippen LogP contribution >= 0.6 is 0 Å². The highest BCUT2D eigenvalue weighted by Crippen LogP contribution is 2.27. The first-order chi connectivity index (χ1) is 15.4. The number of hydrogen-bond acceptors (Lipinski definition) is 7. The quantitative estimate of drug-likeness (QED) is 0.540. The highest BCUT2D eigenvalue weighted by molar-refractivity contribution is 6.08. The summed E-state index contributed by atoms with van der Waals surface area (Å²) in [5, 5.41) is 12.4. The van der Waals surface area contributed by atoms with Gasteiger partial charge in [0.15, 0.2) is 5.82 Å². The Morgan fingerprint density at radius 3 is 2.36 bits per heavy atom. The van der Waals surface area contributed by atoms with Crippen LogP contribution < -0.4 is 15.8 Å². The average molecular weight is 465 g/mol. The second-order valence-electron chi connectivity index (χ2n) is 8.12. The third-order valence-corrected chi connectivity index (χ3v) is 4.58. The lowest BCUT2D eigenvalue weighted by Crippen LogP contribution is -2.46. The van der Waals surface area contributed by atoms with Crippen LogP contribution in [0, 0.1) is 5.41 Å². The number of aromatic nitrogens is 2. The highest BCUT2D eigenvalue weighted by atomic mass is 19.4. The van der Waals surface area contributed by atoms with Crippen LogP contribution in [0.1, 0.15) is 37.1 Å². The molecule has 1 aromatic carbocycles. The zero-order valence-electron chi connectivity index (χ0n) is 18.6. The second kappa shape index (κ2) is 10.4. The van der Waals surface area contributed by atoms with Gasteiger partial charge in [-0.2, -0.15) is 0 Å². The maximum atomic E-state index is 12.9. The molecule has 2 aromatic rings. The van der Waals surface area contributed by atoms with Crippen molar-refractivity contribution in [2.45, 2.75) is 33.2 Å². The summed E-state index contributed by atoms with van der Waals surface area (Å²) in [5.41, 5.74) is 6.23. The van der Waals surface area contributed by atoms with E-state index in [2.05, 4.69) is 25.0 Å². The molecule has 8 nitrogen and oxygen atoms in total. The number of nitrogens with two attached hydrogens (primary N) is 1. The van der Waals surface area contributed by atoms with Gasteiger partial charge in [0, 0.05) is 25.0 Å². The largest absolute Gasteiger partial charge is 0.573 e. The van der Waals surface area contributed by atoms with Gasteiger partial charge in [0.1, 0.15) is 11.4 Å². The molecule has 1 aromatic heterocycles. The van der Waals surface area contributed by atoms with E-state index in [1.165, 1.54) is 37.7 Å². The van der Waals surface area contributed by atoms with E-state index in [4.69, 9.17) is 5.73 Å². The minimum Gasteiger partial charge on any atom is -0.406 e. The van der Waals surface area contributed by atoms with Gasteiger partial charge in [-0.05, 0) is 35.7 Å². The SMILES string of the molecule is CN=CC(=CN)c1nc(C(=O)N[C@H](CO)C(C)(C)C)cc(-c2ccc(OC(F)(F)F)cc2)n1. The standard InChI is InChI=1S/C22H26F3N5O3/c1-21(2,3)18(12-31)30-20(32)17-9-16(28-19(29-17)14(10-26)11-27-4)13-5-7-15(8-6-13)33-22(23,24)25/h5-11,18,31H,12,26H2,1-4H3,(H,30,32)/t18-/m1/s1. The fraction of sp³-hybridized carbons (Fsp3) is 0.364. The molecule has 33 heavy (non-hydrogen) atoms. The van der Waals surface area contributed by atoms with Crippen LogP contribution in [-0.2, 0) is 0 Å². The number of ether oxygens (including phenoxy) is 1. The fourth-order valence-corrected chi connectivity index (χ4v) is 2.75. The molecule has 0 saturated carbocycles. The number of aliphatic hydroxyl groups excluding tert-OH is 1. The Hall–Kier alpha value is -3.47. The number of alkyl halides is 3. The number of aliphatic hydroxyl groups is 1. The average Bonchev–Trinajstić information content (AvgIpc) is 2.73. The first-order valence-electron chi connectivity index (χ1n) is 9.89. The minimum absolute atomic E-state index is 0.0165. The van der Waals surface area contributed by atoms with Crippen LogP contribution in [0.4, 0.5) is 13.2 Å². The van der Waals surface area contributed by atoms with Crippen LogP contribution in [0.5, 0.6) is 5.75 Å². The molecular formula is C22H26F3N5O3. The maximum Gasteiger partial charge on any atom is 0.573 e. The number of halogens is 3. The number of nitrogens with one attached hydrogen (secondary N) is 1. The predicted octanol–water partition coefficient (Wildman–Crippen LogP) is 3.18. The smallest absolute Gasteiger partial charge is 0.406 e. The molecule has 2 rings (SSSR count). The molecule has 0 bridgehead atoms. The Kier molecular flexibility index (Phi) is 8.15. The van der Waals surface area contributed by atoms with Crippen molar-refractivity contribution >= 4 is 17.7 Å². The van der Waals surface area contributed by atoms with Crippen LogP contribution in [0.15, 0.2) is 41.5 Å². The van der Waals surface area contributed by atoms with Gasteiger partial charge in [0.2, 0.25) is 0 Å². The summed E-state index contributed by atoms with van der Waals surface area (Å²) < 4.78 is 41.2. The normalized spacial score (nSPS) is 13.8. The second-order valence-corrected chi connectivity index (χ2v) is 8.12. The van der Waals surface area contributed by atoms with E-state index in [1.807, 2.05) is 20.8 Å². The molecule has 0 radical (unpaired) electrons. The molecule has 0 fully saturated rings. The Bertz CT molecular complexity index is 1030. The van der Waals surface area contributed by atoms with Gasteiger partial charge in [-0.3, -0.25) is 9.79 Å². The Morgan fingerprint density at radius 2 is 1.88 bits per heavy atom. The van der Waals surface area contributed by atoms with Crippen LogP contribution in [-0.4, -0.2) is 53.3 Å². The third-order valence-electron chi connectivity index (χ3n) is 4.58. The van der Waals surface area contributed by atoms with Crippen molar-refractivity contribution in [1.82, 2.24) is 15.3 Å². The van der Waals surface area contributed by atoms with Crippen molar-refractivity contribution in [2.75, 3.05) is 13.7 Å². The lowest BCUT2D eigenvalue weighted by molar-refractivity contribution is -0.274. The van der Waals surface area contributed by atoms with E-state index in [1.54, 1.807) is 0 Å². The van der Waals surface area contributed by atoms with Crippen molar-refractivity contribution in [3.8, 4) is 17.0 Å². The number of benzene rings is 1. The van der Waals surface area contributed by atoms with Gasteiger partial charge in [-0.25, -0.2) is 9.97 Å². The van der Waals surface area contributed by atoms with E-state index >= 15 is 0 Å². The maximum absolute atomic E-state index is 12.9. The van der Waals surface area contributed by atoms with Crippen molar-refractivity contribution in [3.05, 3.63) is 48.1 Å². The van der Waals surface area contributed by atoms with Gasteiger partial charge < -0.3 is 20.9 Å².